The number of hydrogen-bond donors (Lipinski definition) is 2. The normalized spacial score (nSPS) is 20.2. The number of aliphatic hydroxyl groups is 1. The van der Waals surface area contributed by atoms with Gasteiger partial charge in [-0.2, -0.15) is 0 Å². The summed E-state index contributed by atoms with van der Waals surface area (Å²) in [4.78, 5) is 25.2. The zero-order valence-corrected chi connectivity index (χ0v) is 14.9. The van der Waals surface area contributed by atoms with Gasteiger partial charge in [0.2, 0.25) is 0 Å². The van der Waals surface area contributed by atoms with Gasteiger partial charge in [0.15, 0.2) is 0 Å². The molecule has 0 radical (unpaired) electrons. The van der Waals surface area contributed by atoms with Gasteiger partial charge in [0, 0.05) is 19.0 Å². The molecule has 0 unspecified atom stereocenters. The molecule has 2 N–H and O–H groups in total. The largest absolute Gasteiger partial charge is 0.445 e. The first-order valence-corrected chi connectivity index (χ1v) is 8.35. The van der Waals surface area contributed by atoms with Crippen LogP contribution in [0.25, 0.3) is 0 Å². The van der Waals surface area contributed by atoms with E-state index in [1.165, 1.54) is 4.90 Å². The summed E-state index contributed by atoms with van der Waals surface area (Å²) in [5.74, 6) is -0.253. The molecule has 1 aromatic rings. The summed E-state index contributed by atoms with van der Waals surface area (Å²) in [6.07, 6.45) is -1.71. The minimum Gasteiger partial charge on any atom is -0.445 e. The van der Waals surface area contributed by atoms with Gasteiger partial charge < -0.3 is 24.8 Å². The van der Waals surface area contributed by atoms with E-state index in [0.29, 0.717) is 6.54 Å². The Morgan fingerprint density at radius 1 is 1.24 bits per heavy atom. The summed E-state index contributed by atoms with van der Waals surface area (Å²) in [6.45, 7) is 6.31. The van der Waals surface area contributed by atoms with Crippen molar-refractivity contribution in [2.24, 2.45) is 5.92 Å². The SMILES string of the molecule is CC(C)(C)OC(=O)N1C[C@H](CNC(=O)OCc2ccccc2)[C@@H](O)C1. The number of nitrogens with one attached hydrogen (secondary N) is 1. The third-order valence-corrected chi connectivity index (χ3v) is 3.78. The van der Waals surface area contributed by atoms with Crippen molar-refractivity contribution >= 4 is 12.2 Å². The van der Waals surface area contributed by atoms with E-state index in [0.717, 1.165) is 5.56 Å². The van der Waals surface area contributed by atoms with Gasteiger partial charge in [0.25, 0.3) is 0 Å². The van der Waals surface area contributed by atoms with Crippen molar-refractivity contribution in [2.75, 3.05) is 19.6 Å². The van der Waals surface area contributed by atoms with Crippen LogP contribution in [0.2, 0.25) is 0 Å². The van der Waals surface area contributed by atoms with Crippen LogP contribution >= 0.6 is 0 Å². The topological polar surface area (TPSA) is 88.1 Å². The Bertz CT molecular complexity index is 585. The highest BCUT2D eigenvalue weighted by molar-refractivity contribution is 5.69. The Labute approximate surface area is 147 Å². The molecule has 1 aromatic carbocycles. The van der Waals surface area contributed by atoms with E-state index in [1.54, 1.807) is 20.8 Å². The average molecular weight is 350 g/mol. The molecule has 1 saturated heterocycles. The molecule has 1 fully saturated rings. The molecule has 0 bridgehead atoms. The zero-order valence-electron chi connectivity index (χ0n) is 14.9. The fraction of sp³-hybridized carbons (Fsp3) is 0.556. The second-order valence-corrected chi connectivity index (χ2v) is 7.16. The lowest BCUT2D eigenvalue weighted by Crippen LogP contribution is -2.36. The van der Waals surface area contributed by atoms with Crippen LogP contribution in [0.1, 0.15) is 26.3 Å². The quantitative estimate of drug-likeness (QED) is 0.869. The van der Waals surface area contributed by atoms with E-state index in [2.05, 4.69) is 5.32 Å². The summed E-state index contributed by atoms with van der Waals surface area (Å²) in [5, 5.41) is 12.7. The smallest absolute Gasteiger partial charge is 0.410 e. The zero-order chi connectivity index (χ0) is 18.4. The Kier molecular flexibility index (Phi) is 6.25. The highest BCUT2D eigenvalue weighted by atomic mass is 16.6. The second-order valence-electron chi connectivity index (χ2n) is 7.16. The van der Waals surface area contributed by atoms with Crippen molar-refractivity contribution < 1.29 is 24.2 Å². The molecule has 0 aromatic heterocycles. The van der Waals surface area contributed by atoms with Crippen molar-refractivity contribution in [3.05, 3.63) is 35.9 Å². The van der Waals surface area contributed by atoms with Gasteiger partial charge >= 0.3 is 12.2 Å². The van der Waals surface area contributed by atoms with Gasteiger partial charge in [0.1, 0.15) is 12.2 Å². The van der Waals surface area contributed by atoms with E-state index in [4.69, 9.17) is 9.47 Å². The molecule has 1 heterocycles. The molecular formula is C18H26N2O5. The summed E-state index contributed by atoms with van der Waals surface area (Å²) in [5.41, 5.74) is 0.314. The van der Waals surface area contributed by atoms with Gasteiger partial charge in [-0.15, -0.1) is 0 Å². The van der Waals surface area contributed by atoms with E-state index in [1.807, 2.05) is 30.3 Å². The molecule has 7 heteroatoms. The third-order valence-electron chi connectivity index (χ3n) is 3.78. The average Bonchev–Trinajstić information content (AvgIpc) is 2.91. The lowest BCUT2D eigenvalue weighted by atomic mass is 10.1. The molecule has 0 saturated carbocycles. The van der Waals surface area contributed by atoms with Crippen molar-refractivity contribution in [3.8, 4) is 0 Å². The van der Waals surface area contributed by atoms with Gasteiger partial charge in [0.05, 0.1) is 12.6 Å². The maximum atomic E-state index is 12.0. The molecular weight excluding hydrogens is 324 g/mol. The molecule has 25 heavy (non-hydrogen) atoms. The molecule has 7 nitrogen and oxygen atoms in total. The Hall–Kier alpha value is -2.28. The first-order chi connectivity index (χ1) is 11.7. The highest BCUT2D eigenvalue weighted by Crippen LogP contribution is 2.19. The first-order valence-electron chi connectivity index (χ1n) is 8.35. The van der Waals surface area contributed by atoms with Crippen LogP contribution < -0.4 is 5.32 Å². The van der Waals surface area contributed by atoms with E-state index >= 15 is 0 Å². The fourth-order valence-electron chi connectivity index (χ4n) is 2.52. The standard InChI is InChI=1S/C18H26N2O5/c1-18(2,3)25-17(23)20-10-14(15(21)11-20)9-19-16(22)24-12-13-7-5-4-6-8-13/h4-8,14-15,21H,9-12H2,1-3H3,(H,19,22)/t14-,15-/m0/s1. The number of carbonyl (C=O) groups is 2. The third kappa shape index (κ3) is 6.26. The molecule has 1 aliphatic rings. The monoisotopic (exact) mass is 350 g/mol. The predicted molar refractivity (Wildman–Crippen MR) is 91.9 cm³/mol. The van der Waals surface area contributed by atoms with Crippen LogP contribution in [-0.4, -0.2) is 53.5 Å². The first kappa shape index (κ1) is 19.1. The Morgan fingerprint density at radius 3 is 2.56 bits per heavy atom. The van der Waals surface area contributed by atoms with Crippen LogP contribution in [-0.2, 0) is 16.1 Å². The van der Waals surface area contributed by atoms with Gasteiger partial charge in [-0.3, -0.25) is 0 Å². The van der Waals surface area contributed by atoms with Crippen molar-refractivity contribution in [2.45, 2.75) is 39.1 Å². The molecule has 2 atom stereocenters. The number of alkyl carbamates (subject to hydrolysis) is 1. The van der Waals surface area contributed by atoms with Crippen LogP contribution in [0.5, 0.6) is 0 Å². The molecule has 1 aliphatic heterocycles. The van der Waals surface area contributed by atoms with Gasteiger partial charge in [-0.25, -0.2) is 9.59 Å². The molecule has 138 valence electrons. The maximum Gasteiger partial charge on any atom is 0.410 e. The van der Waals surface area contributed by atoms with Crippen LogP contribution in [0, 0.1) is 5.92 Å². The number of benzene rings is 1. The van der Waals surface area contributed by atoms with E-state index in [9.17, 15) is 14.7 Å². The number of carbonyl (C=O) groups excluding carboxylic acids is 2. The van der Waals surface area contributed by atoms with Crippen LogP contribution in [0.4, 0.5) is 9.59 Å². The number of rotatable bonds is 4. The summed E-state index contributed by atoms with van der Waals surface area (Å²) in [7, 11) is 0. The van der Waals surface area contributed by atoms with Gasteiger partial charge in [-0.05, 0) is 26.3 Å². The number of nitrogens with zero attached hydrogens (tertiary/aromatic N) is 1. The second kappa shape index (κ2) is 8.20. The molecule has 0 aliphatic carbocycles. The number of likely N-dealkylation sites (tertiary alicyclic amines) is 1. The molecule has 0 spiro atoms. The van der Waals surface area contributed by atoms with Crippen LogP contribution in [0.3, 0.4) is 0 Å². The summed E-state index contributed by atoms with van der Waals surface area (Å²) in [6, 6.07) is 9.37. The number of hydrogen-bond acceptors (Lipinski definition) is 5. The Balaban J connectivity index is 1.73. The highest BCUT2D eigenvalue weighted by Gasteiger charge is 2.36. The number of ether oxygens (including phenoxy) is 2. The van der Waals surface area contributed by atoms with Crippen molar-refractivity contribution in [3.63, 3.8) is 0 Å². The van der Waals surface area contributed by atoms with Crippen molar-refractivity contribution in [1.82, 2.24) is 10.2 Å². The van der Waals surface area contributed by atoms with Crippen LogP contribution in [0.15, 0.2) is 30.3 Å². The fourth-order valence-corrected chi connectivity index (χ4v) is 2.52. The lowest BCUT2D eigenvalue weighted by molar-refractivity contribution is 0.0270. The van der Waals surface area contributed by atoms with Gasteiger partial charge in [-0.1, -0.05) is 30.3 Å². The predicted octanol–water partition coefficient (Wildman–Crippen LogP) is 2.14. The number of amides is 2. The van der Waals surface area contributed by atoms with E-state index < -0.39 is 23.9 Å². The number of aliphatic hydroxyl groups excluding tert-OH is 1. The summed E-state index contributed by atoms with van der Waals surface area (Å²) >= 11 is 0. The van der Waals surface area contributed by atoms with E-state index in [-0.39, 0.29) is 25.6 Å². The Morgan fingerprint density at radius 2 is 1.92 bits per heavy atom. The number of β-amino-alcohol motifs (C(OH)–C–C–N with tert-alkyl or cyclic N) is 1. The molecule has 2 rings (SSSR count). The summed E-state index contributed by atoms with van der Waals surface area (Å²) < 4.78 is 10.4. The minimum absolute atomic E-state index is 0.184. The lowest BCUT2D eigenvalue weighted by Gasteiger charge is -2.24. The molecule has 2 amide bonds. The minimum atomic E-state index is -0.707. The maximum absolute atomic E-state index is 12.0. The van der Waals surface area contributed by atoms with Crippen molar-refractivity contribution in [1.29, 1.82) is 0 Å².